The monoisotopic (exact) mass is 219 g/mol. The van der Waals surface area contributed by atoms with Crippen molar-refractivity contribution < 1.29 is 47.7 Å². The van der Waals surface area contributed by atoms with Gasteiger partial charge in [-0.1, -0.05) is 0 Å². The van der Waals surface area contributed by atoms with Crippen molar-refractivity contribution in [2.45, 2.75) is 0 Å². The Morgan fingerprint density at radius 2 is 1.00 bits per heavy atom. The van der Waals surface area contributed by atoms with Gasteiger partial charge in [-0.15, -0.1) is 20.2 Å². The van der Waals surface area contributed by atoms with E-state index in [4.69, 9.17) is 30.7 Å². The maximum Gasteiger partial charge on any atom is 2.00 e. The van der Waals surface area contributed by atoms with Gasteiger partial charge in [-0.2, -0.15) is 0 Å². The van der Waals surface area contributed by atoms with Crippen LogP contribution in [0.5, 0.6) is 0 Å². The minimum atomic E-state index is -1.43. The van der Waals surface area contributed by atoms with Gasteiger partial charge < -0.3 is 20.5 Å². The standard InChI is InChI=1S/Cu.2HNO4/c;2*2-1(3)5-4/h;2*4H/q+2;;/p-2. The minimum Gasteiger partial charge on any atom is -0.694 e. The van der Waals surface area contributed by atoms with Gasteiger partial charge in [-0.25, -0.2) is 0 Å². The molecule has 0 saturated heterocycles. The van der Waals surface area contributed by atoms with Crippen molar-refractivity contribution in [1.82, 2.24) is 0 Å². The van der Waals surface area contributed by atoms with Gasteiger partial charge in [0.25, 0.3) is 10.2 Å². The van der Waals surface area contributed by atoms with Gasteiger partial charge in [0.1, 0.15) is 0 Å². The van der Waals surface area contributed by atoms with Crippen LogP contribution in [-0.2, 0) is 27.0 Å². The van der Waals surface area contributed by atoms with Gasteiger partial charge in [0.2, 0.25) is 0 Å². The predicted octanol–water partition coefficient (Wildman–Crippen LogP) is -3.06. The average molecular weight is 220 g/mol. The van der Waals surface area contributed by atoms with Crippen molar-refractivity contribution in [3.63, 3.8) is 0 Å². The van der Waals surface area contributed by atoms with Crippen molar-refractivity contribution in [3.05, 3.63) is 20.2 Å². The summed E-state index contributed by atoms with van der Waals surface area (Å²) in [6, 6.07) is 0. The van der Waals surface area contributed by atoms with Crippen molar-refractivity contribution in [2.75, 3.05) is 0 Å². The summed E-state index contributed by atoms with van der Waals surface area (Å²) < 4.78 is 0. The summed E-state index contributed by atoms with van der Waals surface area (Å²) in [7, 11) is 0. The normalized spacial score (nSPS) is 6.00. The molecule has 0 fully saturated rings. The fourth-order valence-corrected chi connectivity index (χ4v) is 0. The summed E-state index contributed by atoms with van der Waals surface area (Å²) >= 11 is 0. The molecule has 0 heterocycles. The molecule has 0 saturated carbocycles. The van der Waals surface area contributed by atoms with E-state index in [1.807, 2.05) is 0 Å². The molecule has 1 radical (unpaired) electrons. The van der Waals surface area contributed by atoms with Crippen LogP contribution in [0.1, 0.15) is 0 Å². The van der Waals surface area contributed by atoms with Crippen LogP contribution < -0.4 is 10.5 Å². The molecule has 0 aromatic heterocycles. The summed E-state index contributed by atoms with van der Waals surface area (Å²) in [6.45, 7) is 0. The van der Waals surface area contributed by atoms with E-state index in [9.17, 15) is 0 Å². The van der Waals surface area contributed by atoms with Crippen LogP contribution in [0.4, 0.5) is 0 Å². The molecule has 0 rings (SSSR count). The molecule has 0 aliphatic rings. The molecule has 0 aliphatic heterocycles. The topological polar surface area (TPSA) is 151 Å². The first-order chi connectivity index (χ1) is 4.54. The predicted molar refractivity (Wildman–Crippen MR) is 16.2 cm³/mol. The third-order valence-electron chi connectivity index (χ3n) is 0.122. The molecule has 0 aromatic carbocycles. The Morgan fingerprint density at radius 1 is 0.909 bits per heavy atom. The zero-order valence-corrected chi connectivity index (χ0v) is 5.40. The Bertz CT molecular complexity index is 96.7. The molecule has 11 heavy (non-hydrogen) atoms. The van der Waals surface area contributed by atoms with Gasteiger partial charge in [-0.3, -0.25) is 0 Å². The molecule has 0 aliphatic carbocycles. The Kier molecular flexibility index (Phi) is 17.4. The quantitative estimate of drug-likeness (QED) is 0.205. The van der Waals surface area contributed by atoms with Crippen LogP contribution in [0.2, 0.25) is 0 Å². The molecule has 0 spiro atoms. The summed E-state index contributed by atoms with van der Waals surface area (Å²) in [5.74, 6) is 0. The summed E-state index contributed by atoms with van der Waals surface area (Å²) in [4.78, 5) is 21.7. The first-order valence-corrected chi connectivity index (χ1v) is 1.43. The van der Waals surface area contributed by atoms with Crippen LogP contribution in [0.3, 0.4) is 0 Å². The molecule has 0 amide bonds. The molecular formula is CuN2O8. The van der Waals surface area contributed by atoms with Crippen molar-refractivity contribution in [3.8, 4) is 0 Å². The summed E-state index contributed by atoms with van der Waals surface area (Å²) in [5, 5.41) is 31.3. The molecule has 0 unspecified atom stereocenters. The van der Waals surface area contributed by atoms with E-state index in [2.05, 4.69) is 9.98 Å². The zero-order chi connectivity index (χ0) is 8.57. The fourth-order valence-electron chi connectivity index (χ4n) is 0. The smallest absolute Gasteiger partial charge is 0.694 e. The van der Waals surface area contributed by atoms with E-state index >= 15 is 0 Å². The van der Waals surface area contributed by atoms with Crippen LogP contribution >= 0.6 is 0 Å². The molecule has 0 N–H and O–H groups in total. The Labute approximate surface area is 68.9 Å². The van der Waals surface area contributed by atoms with Crippen molar-refractivity contribution in [1.29, 1.82) is 0 Å². The van der Waals surface area contributed by atoms with E-state index in [1.54, 1.807) is 0 Å². The van der Waals surface area contributed by atoms with Crippen molar-refractivity contribution >= 4 is 0 Å². The van der Waals surface area contributed by atoms with E-state index in [-0.39, 0.29) is 17.1 Å². The third-order valence-corrected chi connectivity index (χ3v) is 0.122. The Balaban J connectivity index is -0.000000107. The zero-order valence-electron chi connectivity index (χ0n) is 4.46. The molecule has 0 bridgehead atoms. The summed E-state index contributed by atoms with van der Waals surface area (Å²) in [5.41, 5.74) is 0. The van der Waals surface area contributed by atoms with E-state index < -0.39 is 10.2 Å². The SMILES string of the molecule is O=[N+]([O-])O[O-].O=[N+]([O-])O[O-].[Cu+2]. The molecular weight excluding hydrogens is 220 g/mol. The van der Waals surface area contributed by atoms with E-state index in [1.165, 1.54) is 0 Å². The van der Waals surface area contributed by atoms with Crippen molar-refractivity contribution in [2.24, 2.45) is 0 Å². The molecule has 0 atom stereocenters. The average Bonchev–Trinajstić information content (AvgIpc) is 1.89. The third kappa shape index (κ3) is 51.3. The second kappa shape index (κ2) is 11.6. The number of hydrogen-bond donors (Lipinski definition) is 0. The van der Waals surface area contributed by atoms with Crippen LogP contribution in [0.15, 0.2) is 0 Å². The maximum absolute atomic E-state index is 8.64. The van der Waals surface area contributed by atoms with Gasteiger partial charge in [0, 0.05) is 0 Å². The number of nitrogens with zero attached hydrogens (tertiary/aromatic N) is 2. The minimum absolute atomic E-state index is 0. The molecule has 69 valence electrons. The Hall–Kier alpha value is -1.16. The van der Waals surface area contributed by atoms with E-state index in [0.717, 1.165) is 0 Å². The van der Waals surface area contributed by atoms with Crippen LogP contribution in [-0.4, -0.2) is 10.2 Å². The largest absolute Gasteiger partial charge is 2.00 e. The molecule has 0 aromatic rings. The maximum atomic E-state index is 8.64. The van der Waals surface area contributed by atoms with Gasteiger partial charge in [0.15, 0.2) is 0 Å². The second-order valence-corrected chi connectivity index (χ2v) is 0.596. The molecule has 11 heteroatoms. The molecule has 10 nitrogen and oxygen atoms in total. The van der Waals surface area contributed by atoms with Crippen LogP contribution in [0, 0.1) is 20.2 Å². The van der Waals surface area contributed by atoms with Crippen LogP contribution in [0.25, 0.3) is 0 Å². The fraction of sp³-hybridized carbons (Fsp3) is 0. The number of hydrogen-bond acceptors (Lipinski definition) is 8. The van der Waals surface area contributed by atoms with Gasteiger partial charge >= 0.3 is 17.1 Å². The van der Waals surface area contributed by atoms with E-state index in [0.29, 0.717) is 0 Å². The van der Waals surface area contributed by atoms with Gasteiger partial charge in [-0.05, 0) is 0 Å². The first kappa shape index (κ1) is 16.4. The summed E-state index contributed by atoms with van der Waals surface area (Å²) in [6.07, 6.45) is 0. The first-order valence-electron chi connectivity index (χ1n) is 1.43. The second-order valence-electron chi connectivity index (χ2n) is 0.596. The van der Waals surface area contributed by atoms with Gasteiger partial charge in [0.05, 0.1) is 0 Å². The number of rotatable bonds is 2. The Morgan fingerprint density at radius 3 is 1.00 bits per heavy atom.